The molecule has 1 aliphatic heterocycles. The van der Waals surface area contributed by atoms with Crippen molar-refractivity contribution in [1.29, 1.82) is 0 Å². The van der Waals surface area contributed by atoms with Crippen LogP contribution < -0.4 is 5.32 Å². The molecule has 110 valence electrons. The molecule has 2 fully saturated rings. The van der Waals surface area contributed by atoms with Crippen LogP contribution in [0.4, 0.5) is 5.82 Å². The summed E-state index contributed by atoms with van der Waals surface area (Å²) >= 11 is 6.16. The topological polar surface area (TPSA) is 72.0 Å². The number of nitrogens with one attached hydrogen (secondary N) is 1. The van der Waals surface area contributed by atoms with Crippen molar-refractivity contribution in [3.63, 3.8) is 0 Å². The molecule has 20 heavy (non-hydrogen) atoms. The van der Waals surface area contributed by atoms with Gasteiger partial charge in [-0.15, -0.1) is 0 Å². The third-order valence-corrected chi connectivity index (χ3v) is 6.04. The van der Waals surface area contributed by atoms with Gasteiger partial charge in [-0.25, -0.2) is 18.4 Å². The Morgan fingerprint density at radius 1 is 1.25 bits per heavy atom. The molecule has 1 unspecified atom stereocenters. The molecule has 0 bridgehead atoms. The van der Waals surface area contributed by atoms with E-state index in [4.69, 9.17) is 11.6 Å². The maximum absolute atomic E-state index is 11.7. The molecule has 2 aliphatic rings. The number of rotatable bonds is 3. The fraction of sp³-hybridized carbons (Fsp3) is 0.692. The molecule has 1 atom stereocenters. The largest absolute Gasteiger partial charge is 0.366 e. The molecule has 1 aliphatic carbocycles. The van der Waals surface area contributed by atoms with Crippen molar-refractivity contribution in [2.75, 3.05) is 16.8 Å². The smallest absolute Gasteiger partial charge is 0.152 e. The van der Waals surface area contributed by atoms with Crippen LogP contribution in [0.25, 0.3) is 0 Å². The Hall–Kier alpha value is -0.880. The number of hydrogen-bond acceptors (Lipinski definition) is 5. The van der Waals surface area contributed by atoms with E-state index in [9.17, 15) is 8.42 Å². The second kappa shape index (κ2) is 5.15. The van der Waals surface area contributed by atoms with Gasteiger partial charge < -0.3 is 5.32 Å². The summed E-state index contributed by atoms with van der Waals surface area (Å²) in [5.41, 5.74) is 0.791. The summed E-state index contributed by atoms with van der Waals surface area (Å²) in [6.45, 7) is 1.86. The first kappa shape index (κ1) is 14.1. The molecular weight excluding hydrogens is 298 g/mol. The predicted octanol–water partition coefficient (Wildman–Crippen LogP) is 2.30. The van der Waals surface area contributed by atoms with Crippen LogP contribution in [0, 0.1) is 6.92 Å². The summed E-state index contributed by atoms with van der Waals surface area (Å²) < 4.78 is 23.4. The minimum atomic E-state index is -2.93. The van der Waals surface area contributed by atoms with E-state index in [0.717, 1.165) is 30.7 Å². The molecule has 1 N–H and O–H groups in total. The molecular formula is C13H18ClN3O2S. The third-order valence-electron chi connectivity index (χ3n) is 3.85. The van der Waals surface area contributed by atoms with Crippen LogP contribution in [0.15, 0.2) is 0 Å². The number of anilines is 1. The first-order chi connectivity index (χ1) is 9.44. The second-order valence-corrected chi connectivity index (χ2v) is 8.31. The SMILES string of the molecule is Cc1c(Cl)nc(C2CC2)nc1NC1CCCS(=O)(=O)C1. The molecule has 1 aromatic rings. The van der Waals surface area contributed by atoms with Crippen molar-refractivity contribution in [3.05, 3.63) is 16.5 Å². The average molecular weight is 316 g/mol. The lowest BCUT2D eigenvalue weighted by atomic mass is 10.2. The van der Waals surface area contributed by atoms with Gasteiger partial charge in [-0.1, -0.05) is 11.6 Å². The Bertz CT molecular complexity index is 629. The highest BCUT2D eigenvalue weighted by Crippen LogP contribution is 2.39. The molecule has 5 nitrogen and oxygen atoms in total. The first-order valence-corrected chi connectivity index (χ1v) is 9.15. The number of halogens is 1. The van der Waals surface area contributed by atoms with Crippen LogP contribution >= 0.6 is 11.6 Å². The fourth-order valence-electron chi connectivity index (χ4n) is 2.50. The lowest BCUT2D eigenvalue weighted by Gasteiger charge is -2.24. The summed E-state index contributed by atoms with van der Waals surface area (Å²) in [4.78, 5) is 8.85. The second-order valence-electron chi connectivity index (χ2n) is 5.72. The molecule has 1 saturated carbocycles. The summed E-state index contributed by atoms with van der Waals surface area (Å²) in [7, 11) is -2.93. The van der Waals surface area contributed by atoms with E-state index < -0.39 is 9.84 Å². The van der Waals surface area contributed by atoms with Gasteiger partial charge >= 0.3 is 0 Å². The average Bonchev–Trinajstić information content (AvgIpc) is 3.17. The quantitative estimate of drug-likeness (QED) is 0.867. The van der Waals surface area contributed by atoms with E-state index in [-0.39, 0.29) is 11.8 Å². The first-order valence-electron chi connectivity index (χ1n) is 6.95. The van der Waals surface area contributed by atoms with Crippen LogP contribution in [0.2, 0.25) is 5.15 Å². The summed E-state index contributed by atoms with van der Waals surface area (Å²) in [6, 6.07) is -0.0783. The van der Waals surface area contributed by atoms with Crippen LogP contribution in [0.1, 0.15) is 43.0 Å². The fourth-order valence-corrected chi connectivity index (χ4v) is 4.31. The molecule has 2 heterocycles. The van der Waals surface area contributed by atoms with Crippen LogP contribution in [0.3, 0.4) is 0 Å². The van der Waals surface area contributed by atoms with E-state index in [0.29, 0.717) is 29.1 Å². The molecule has 3 rings (SSSR count). The molecule has 1 aromatic heterocycles. The normalized spacial score (nSPS) is 25.4. The zero-order valence-electron chi connectivity index (χ0n) is 11.4. The molecule has 1 saturated heterocycles. The highest BCUT2D eigenvalue weighted by Gasteiger charge is 2.29. The Morgan fingerprint density at radius 2 is 2.00 bits per heavy atom. The van der Waals surface area contributed by atoms with Gasteiger partial charge in [0.05, 0.1) is 11.5 Å². The maximum atomic E-state index is 11.7. The van der Waals surface area contributed by atoms with Gasteiger partial charge in [0.2, 0.25) is 0 Å². The minimum absolute atomic E-state index is 0.0783. The Morgan fingerprint density at radius 3 is 2.65 bits per heavy atom. The van der Waals surface area contributed by atoms with Gasteiger partial charge in [0.25, 0.3) is 0 Å². The summed E-state index contributed by atoms with van der Waals surface area (Å²) in [6.07, 6.45) is 3.76. The summed E-state index contributed by atoms with van der Waals surface area (Å²) in [5, 5.41) is 3.72. The molecule has 0 radical (unpaired) electrons. The van der Waals surface area contributed by atoms with Crippen molar-refractivity contribution in [3.8, 4) is 0 Å². The number of hydrogen-bond donors (Lipinski definition) is 1. The zero-order valence-corrected chi connectivity index (χ0v) is 13.0. The van der Waals surface area contributed by atoms with Gasteiger partial charge in [-0.3, -0.25) is 0 Å². The van der Waals surface area contributed by atoms with Crippen molar-refractivity contribution in [1.82, 2.24) is 9.97 Å². The van der Waals surface area contributed by atoms with Crippen LogP contribution in [0.5, 0.6) is 0 Å². The van der Waals surface area contributed by atoms with E-state index in [2.05, 4.69) is 15.3 Å². The lowest BCUT2D eigenvalue weighted by Crippen LogP contribution is -2.35. The number of aromatic nitrogens is 2. The Kier molecular flexibility index (Phi) is 3.62. The highest BCUT2D eigenvalue weighted by molar-refractivity contribution is 7.91. The van der Waals surface area contributed by atoms with E-state index >= 15 is 0 Å². The van der Waals surface area contributed by atoms with E-state index in [1.165, 1.54) is 0 Å². The van der Waals surface area contributed by atoms with E-state index in [1.807, 2.05) is 6.92 Å². The van der Waals surface area contributed by atoms with Gasteiger partial charge in [0.1, 0.15) is 16.8 Å². The van der Waals surface area contributed by atoms with Crippen LogP contribution in [-0.4, -0.2) is 35.9 Å². The standard InChI is InChI=1S/C13H18ClN3O2S/c1-8-11(14)16-13(9-4-5-9)17-12(8)15-10-3-2-6-20(18,19)7-10/h9-10H,2-7H2,1H3,(H,15,16,17). The van der Waals surface area contributed by atoms with Gasteiger partial charge in [0, 0.05) is 17.5 Å². The molecule has 0 amide bonds. The minimum Gasteiger partial charge on any atom is -0.366 e. The zero-order chi connectivity index (χ0) is 14.3. The van der Waals surface area contributed by atoms with Crippen molar-refractivity contribution in [2.45, 2.75) is 44.6 Å². The monoisotopic (exact) mass is 315 g/mol. The van der Waals surface area contributed by atoms with E-state index in [1.54, 1.807) is 0 Å². The number of sulfone groups is 1. The predicted molar refractivity (Wildman–Crippen MR) is 79.1 cm³/mol. The van der Waals surface area contributed by atoms with Crippen LogP contribution in [-0.2, 0) is 9.84 Å². The van der Waals surface area contributed by atoms with Crippen molar-refractivity contribution >= 4 is 27.3 Å². The molecule has 0 spiro atoms. The third kappa shape index (κ3) is 3.06. The lowest BCUT2D eigenvalue weighted by molar-refractivity contribution is 0.561. The highest BCUT2D eigenvalue weighted by atomic mass is 35.5. The Balaban J connectivity index is 1.82. The molecule has 7 heteroatoms. The van der Waals surface area contributed by atoms with Gasteiger partial charge in [-0.05, 0) is 32.6 Å². The van der Waals surface area contributed by atoms with Crippen molar-refractivity contribution < 1.29 is 8.42 Å². The number of nitrogens with zero attached hydrogens (tertiary/aromatic N) is 2. The van der Waals surface area contributed by atoms with Gasteiger partial charge in [-0.2, -0.15) is 0 Å². The maximum Gasteiger partial charge on any atom is 0.152 e. The Labute approximate surface area is 124 Å². The van der Waals surface area contributed by atoms with Crippen molar-refractivity contribution in [2.24, 2.45) is 0 Å². The summed E-state index contributed by atoms with van der Waals surface area (Å²) in [5.74, 6) is 2.36. The molecule has 0 aromatic carbocycles. The van der Waals surface area contributed by atoms with Gasteiger partial charge in [0.15, 0.2) is 9.84 Å².